The van der Waals surface area contributed by atoms with E-state index >= 15 is 0 Å². The molecule has 146 valence electrons. The van der Waals surface area contributed by atoms with Gasteiger partial charge in [0.1, 0.15) is 5.76 Å². The second kappa shape index (κ2) is 6.70. The maximum Gasteiger partial charge on any atom is 0.266 e. The highest BCUT2D eigenvalue weighted by Crippen LogP contribution is 2.40. The van der Waals surface area contributed by atoms with Crippen LogP contribution >= 0.6 is 0 Å². The van der Waals surface area contributed by atoms with Gasteiger partial charge in [0, 0.05) is 49.3 Å². The highest BCUT2D eigenvalue weighted by molar-refractivity contribution is 5.23. The Morgan fingerprint density at radius 3 is 2.68 bits per heavy atom. The number of aryl methyl sites for hydroxylation is 2. The maximum absolute atomic E-state index is 12.2. The van der Waals surface area contributed by atoms with Crippen molar-refractivity contribution in [3.05, 3.63) is 57.5 Å². The van der Waals surface area contributed by atoms with Gasteiger partial charge in [-0.15, -0.1) is 5.10 Å². The fraction of sp³-hybridized carbons (Fsp3) is 0.500. The van der Waals surface area contributed by atoms with Crippen molar-refractivity contribution in [2.75, 3.05) is 13.1 Å². The molecule has 8 heteroatoms. The average Bonchev–Trinajstić information content (AvgIpc) is 3.28. The summed E-state index contributed by atoms with van der Waals surface area (Å²) in [4.78, 5) is 14.6. The van der Waals surface area contributed by atoms with Crippen LogP contribution in [0.25, 0.3) is 5.82 Å². The van der Waals surface area contributed by atoms with Gasteiger partial charge < -0.3 is 4.52 Å². The molecule has 1 saturated carbocycles. The first-order chi connectivity index (χ1) is 13.5. The van der Waals surface area contributed by atoms with Crippen LogP contribution in [0.3, 0.4) is 0 Å². The minimum absolute atomic E-state index is 0.0747. The van der Waals surface area contributed by atoms with Gasteiger partial charge in [0.05, 0.1) is 17.9 Å². The van der Waals surface area contributed by atoms with Crippen molar-refractivity contribution in [1.29, 1.82) is 0 Å². The molecule has 3 aromatic rings. The van der Waals surface area contributed by atoms with Gasteiger partial charge in [-0.25, -0.2) is 9.36 Å². The average molecular weight is 380 g/mol. The summed E-state index contributed by atoms with van der Waals surface area (Å²) in [5.41, 5.74) is 2.86. The molecule has 2 aliphatic rings. The monoisotopic (exact) mass is 380 g/mol. The highest BCUT2D eigenvalue weighted by Gasteiger charge is 2.31. The lowest BCUT2D eigenvalue weighted by Crippen LogP contribution is -2.49. The minimum Gasteiger partial charge on any atom is -0.361 e. The summed E-state index contributed by atoms with van der Waals surface area (Å²) in [7, 11) is 0. The first-order valence-electron chi connectivity index (χ1n) is 9.85. The summed E-state index contributed by atoms with van der Waals surface area (Å²) < 4.78 is 8.77. The molecule has 1 aliphatic carbocycles. The Kier molecular flexibility index (Phi) is 4.16. The van der Waals surface area contributed by atoms with Crippen LogP contribution < -0.4 is 5.56 Å². The van der Waals surface area contributed by atoms with Crippen molar-refractivity contribution in [2.45, 2.75) is 45.7 Å². The summed E-state index contributed by atoms with van der Waals surface area (Å²) in [6.07, 6.45) is 2.44. The van der Waals surface area contributed by atoms with E-state index in [4.69, 9.17) is 4.52 Å². The van der Waals surface area contributed by atoms with Gasteiger partial charge in [-0.2, -0.15) is 5.10 Å². The van der Waals surface area contributed by atoms with E-state index in [2.05, 4.69) is 26.3 Å². The van der Waals surface area contributed by atoms with Crippen LogP contribution in [0.15, 0.2) is 33.6 Å². The van der Waals surface area contributed by atoms with Gasteiger partial charge in [0.15, 0.2) is 5.82 Å². The van der Waals surface area contributed by atoms with Crippen molar-refractivity contribution >= 4 is 0 Å². The lowest BCUT2D eigenvalue weighted by Gasteiger charge is -2.38. The first-order valence-corrected chi connectivity index (χ1v) is 9.85. The number of aromatic nitrogens is 5. The molecule has 4 heterocycles. The number of hydrogen-bond acceptors (Lipinski definition) is 6. The van der Waals surface area contributed by atoms with Crippen molar-refractivity contribution in [3.63, 3.8) is 0 Å². The number of likely N-dealkylation sites (tertiary alicyclic amines) is 1. The molecular weight excluding hydrogens is 356 g/mol. The van der Waals surface area contributed by atoms with E-state index in [1.165, 1.54) is 12.8 Å². The lowest BCUT2D eigenvalue weighted by atomic mass is 10.00. The van der Waals surface area contributed by atoms with Gasteiger partial charge in [0.2, 0.25) is 0 Å². The van der Waals surface area contributed by atoms with Gasteiger partial charge in [-0.1, -0.05) is 5.16 Å². The quantitative estimate of drug-likeness (QED) is 0.651. The topological polar surface area (TPSA) is 82.0 Å². The number of rotatable bonds is 6. The smallest absolute Gasteiger partial charge is 0.266 e. The Bertz CT molecular complexity index is 1050. The Balaban J connectivity index is 1.21. The summed E-state index contributed by atoms with van der Waals surface area (Å²) in [6.45, 7) is 7.23. The molecule has 8 nitrogen and oxygen atoms in total. The van der Waals surface area contributed by atoms with Crippen LogP contribution in [-0.2, 0) is 13.1 Å². The molecular formula is C20H24N6O2. The number of hydrogen-bond donors (Lipinski definition) is 0. The molecule has 1 saturated heterocycles. The summed E-state index contributed by atoms with van der Waals surface area (Å²) >= 11 is 0. The van der Waals surface area contributed by atoms with E-state index in [1.54, 1.807) is 21.5 Å². The molecule has 0 bridgehead atoms. The fourth-order valence-corrected chi connectivity index (χ4v) is 3.90. The zero-order valence-corrected chi connectivity index (χ0v) is 16.2. The van der Waals surface area contributed by atoms with E-state index in [0.29, 0.717) is 24.2 Å². The number of nitrogens with zero attached hydrogens (tertiary/aromatic N) is 6. The summed E-state index contributed by atoms with van der Waals surface area (Å²) in [6, 6.07) is 7.39. The van der Waals surface area contributed by atoms with E-state index in [1.807, 2.05) is 19.9 Å². The molecule has 28 heavy (non-hydrogen) atoms. The van der Waals surface area contributed by atoms with Crippen LogP contribution in [0, 0.1) is 19.8 Å². The molecule has 3 aromatic heterocycles. The van der Waals surface area contributed by atoms with Crippen LogP contribution in [0.2, 0.25) is 0 Å². The van der Waals surface area contributed by atoms with Crippen molar-refractivity contribution in [2.24, 2.45) is 5.92 Å². The molecule has 0 aromatic carbocycles. The van der Waals surface area contributed by atoms with E-state index in [9.17, 15) is 4.79 Å². The third-order valence-corrected chi connectivity index (χ3v) is 5.49. The molecule has 0 unspecified atom stereocenters. The lowest BCUT2D eigenvalue weighted by molar-refractivity contribution is 0.0743. The van der Waals surface area contributed by atoms with Gasteiger partial charge in [0.25, 0.3) is 5.56 Å². The molecule has 0 radical (unpaired) electrons. The molecule has 1 aliphatic heterocycles. The van der Waals surface area contributed by atoms with Gasteiger partial charge in [-0.05, 0) is 38.8 Å². The van der Waals surface area contributed by atoms with Crippen LogP contribution in [0.1, 0.15) is 41.6 Å². The standard InChI is InChI=1S/C20H24N6O2/c1-13-7-14(2)26(21-13)19-5-6-20(27)25(22-19)11-15-9-24(10-15)12-17-8-18(28-23-17)16-3-4-16/h5-8,15-16H,3-4,9-12H2,1-2H3. The normalized spacial score (nSPS) is 17.8. The van der Waals surface area contributed by atoms with Crippen molar-refractivity contribution in [1.82, 2.24) is 29.6 Å². The Labute approximate surface area is 162 Å². The summed E-state index contributed by atoms with van der Waals surface area (Å²) in [5.74, 6) is 2.72. The zero-order chi connectivity index (χ0) is 19.3. The van der Waals surface area contributed by atoms with Crippen molar-refractivity contribution in [3.8, 4) is 5.82 Å². The van der Waals surface area contributed by atoms with E-state index < -0.39 is 0 Å². The largest absolute Gasteiger partial charge is 0.361 e. The maximum atomic E-state index is 12.2. The van der Waals surface area contributed by atoms with Crippen LogP contribution in [-0.4, -0.2) is 42.7 Å². The van der Waals surface area contributed by atoms with E-state index in [0.717, 1.165) is 42.5 Å². The SMILES string of the molecule is Cc1cc(C)n(-c2ccc(=O)n(CC3CN(Cc4cc(C5CC5)on4)C3)n2)n1. The minimum atomic E-state index is -0.0747. The van der Waals surface area contributed by atoms with Crippen molar-refractivity contribution < 1.29 is 4.52 Å². The van der Waals surface area contributed by atoms with Gasteiger partial charge >= 0.3 is 0 Å². The molecule has 5 rings (SSSR count). The van der Waals surface area contributed by atoms with E-state index in [-0.39, 0.29) is 5.56 Å². The molecule has 0 spiro atoms. The zero-order valence-electron chi connectivity index (χ0n) is 16.2. The second-order valence-corrected chi connectivity index (χ2v) is 8.11. The molecule has 0 amide bonds. The first kappa shape index (κ1) is 17.4. The third-order valence-electron chi connectivity index (χ3n) is 5.49. The Hall–Kier alpha value is -2.74. The predicted octanol–water partition coefficient (Wildman–Crippen LogP) is 2.04. The van der Waals surface area contributed by atoms with Crippen LogP contribution in [0.5, 0.6) is 0 Å². The summed E-state index contributed by atoms with van der Waals surface area (Å²) in [5, 5.41) is 13.2. The fourth-order valence-electron chi connectivity index (χ4n) is 3.90. The molecule has 0 atom stereocenters. The highest BCUT2D eigenvalue weighted by atomic mass is 16.5. The predicted molar refractivity (Wildman–Crippen MR) is 102 cm³/mol. The van der Waals surface area contributed by atoms with Crippen LogP contribution in [0.4, 0.5) is 0 Å². The third kappa shape index (κ3) is 3.40. The second-order valence-electron chi connectivity index (χ2n) is 8.11. The molecule has 2 fully saturated rings. The Morgan fingerprint density at radius 1 is 1.14 bits per heavy atom. The Morgan fingerprint density at radius 2 is 1.96 bits per heavy atom. The molecule has 0 N–H and O–H groups in total. The van der Waals surface area contributed by atoms with Gasteiger partial charge in [-0.3, -0.25) is 9.69 Å².